The van der Waals surface area contributed by atoms with Crippen LogP contribution in [-0.4, -0.2) is 26.3 Å². The molecular formula is C7H14N2O. The quantitative estimate of drug-likeness (QED) is 0.622. The molecule has 0 fully saturated rings. The summed E-state index contributed by atoms with van der Waals surface area (Å²) in [6, 6.07) is 1.93. The first-order valence-corrected chi connectivity index (χ1v) is 3.39. The second-order valence-electron chi connectivity index (χ2n) is 2.08. The van der Waals surface area contributed by atoms with E-state index in [2.05, 4.69) is 11.4 Å². The molecule has 2 unspecified atom stereocenters. The molecule has 0 radical (unpaired) electrons. The number of nitrogens with zero attached hydrogens (tertiary/aromatic N) is 1. The van der Waals surface area contributed by atoms with E-state index in [0.717, 1.165) is 6.42 Å². The average Bonchev–Trinajstić information content (AvgIpc) is 2.00. The fourth-order valence-corrected chi connectivity index (χ4v) is 0.872. The number of methoxy groups -OCH3 is 1. The topological polar surface area (TPSA) is 45.0 Å². The molecule has 58 valence electrons. The molecule has 3 heteroatoms. The molecule has 0 aliphatic rings. The smallest absolute Gasteiger partial charge is 0.121 e. The second-order valence-corrected chi connectivity index (χ2v) is 2.08. The van der Waals surface area contributed by atoms with Crippen LogP contribution in [0.5, 0.6) is 0 Å². The Balaban J connectivity index is 3.85. The van der Waals surface area contributed by atoms with Crippen molar-refractivity contribution in [3.8, 4) is 6.07 Å². The average molecular weight is 142 g/mol. The molecule has 2 atom stereocenters. The van der Waals surface area contributed by atoms with Crippen molar-refractivity contribution in [1.82, 2.24) is 5.32 Å². The predicted octanol–water partition coefficient (Wildman–Crippen LogP) is 0.523. The van der Waals surface area contributed by atoms with E-state index < -0.39 is 0 Å². The number of ether oxygens (including phenoxy) is 1. The number of rotatable bonds is 4. The molecular weight excluding hydrogens is 128 g/mol. The highest BCUT2D eigenvalue weighted by molar-refractivity contribution is 4.94. The minimum atomic E-state index is -0.185. The number of hydrogen-bond donors (Lipinski definition) is 1. The highest BCUT2D eigenvalue weighted by atomic mass is 16.5. The summed E-state index contributed by atoms with van der Waals surface area (Å²) in [7, 11) is 3.38. The molecule has 10 heavy (non-hydrogen) atoms. The zero-order valence-corrected chi connectivity index (χ0v) is 6.72. The van der Waals surface area contributed by atoms with Gasteiger partial charge in [-0.2, -0.15) is 5.26 Å². The van der Waals surface area contributed by atoms with Crippen LogP contribution < -0.4 is 5.32 Å². The highest BCUT2D eigenvalue weighted by Crippen LogP contribution is 2.00. The third-order valence-electron chi connectivity index (χ3n) is 1.53. The Bertz CT molecular complexity index is 115. The number of hydrogen-bond acceptors (Lipinski definition) is 3. The molecule has 0 heterocycles. The molecule has 0 aliphatic heterocycles. The Labute approximate surface area is 62.0 Å². The molecule has 0 aromatic heterocycles. The van der Waals surface area contributed by atoms with Crippen LogP contribution in [0.2, 0.25) is 0 Å². The molecule has 0 aliphatic carbocycles. The summed E-state index contributed by atoms with van der Waals surface area (Å²) in [6.07, 6.45) is 0.866. The van der Waals surface area contributed by atoms with Crippen molar-refractivity contribution in [3.05, 3.63) is 0 Å². The van der Waals surface area contributed by atoms with Crippen LogP contribution in [0.1, 0.15) is 13.3 Å². The van der Waals surface area contributed by atoms with Crippen molar-refractivity contribution < 1.29 is 4.74 Å². The first kappa shape index (κ1) is 9.41. The zero-order valence-electron chi connectivity index (χ0n) is 6.72. The van der Waals surface area contributed by atoms with Crippen molar-refractivity contribution in [2.45, 2.75) is 25.5 Å². The van der Waals surface area contributed by atoms with Gasteiger partial charge in [-0.05, 0) is 13.5 Å². The Morgan fingerprint density at radius 2 is 2.30 bits per heavy atom. The van der Waals surface area contributed by atoms with Crippen LogP contribution in [0.4, 0.5) is 0 Å². The SMILES string of the molecule is CCC(OC)C(C#N)NC. The molecule has 1 N–H and O–H groups in total. The summed E-state index contributed by atoms with van der Waals surface area (Å²) in [5.41, 5.74) is 0. The number of likely N-dealkylation sites (N-methyl/N-ethyl adjacent to an activating group) is 1. The Morgan fingerprint density at radius 3 is 2.40 bits per heavy atom. The van der Waals surface area contributed by atoms with Crippen molar-refractivity contribution in [2.75, 3.05) is 14.2 Å². The van der Waals surface area contributed by atoms with Gasteiger partial charge in [0.15, 0.2) is 0 Å². The highest BCUT2D eigenvalue weighted by Gasteiger charge is 2.15. The Morgan fingerprint density at radius 1 is 1.70 bits per heavy atom. The van der Waals surface area contributed by atoms with Crippen LogP contribution in [-0.2, 0) is 4.74 Å². The lowest BCUT2D eigenvalue weighted by Gasteiger charge is -2.17. The first-order chi connectivity index (χ1) is 4.79. The van der Waals surface area contributed by atoms with Crippen LogP contribution in [0.25, 0.3) is 0 Å². The van der Waals surface area contributed by atoms with Crippen molar-refractivity contribution in [3.63, 3.8) is 0 Å². The van der Waals surface area contributed by atoms with Gasteiger partial charge in [0.1, 0.15) is 6.04 Å². The lowest BCUT2D eigenvalue weighted by molar-refractivity contribution is 0.0830. The normalized spacial score (nSPS) is 15.8. The standard InChI is InChI=1S/C7H14N2O/c1-4-7(10-3)6(5-8)9-2/h6-7,9H,4H2,1-3H3. The van der Waals surface area contributed by atoms with Gasteiger partial charge < -0.3 is 10.1 Å². The van der Waals surface area contributed by atoms with E-state index in [9.17, 15) is 0 Å². The van der Waals surface area contributed by atoms with E-state index >= 15 is 0 Å². The van der Waals surface area contributed by atoms with Gasteiger partial charge in [0.2, 0.25) is 0 Å². The number of nitriles is 1. The second kappa shape index (κ2) is 5.21. The van der Waals surface area contributed by atoms with E-state index in [1.807, 2.05) is 6.92 Å². The van der Waals surface area contributed by atoms with Gasteiger partial charge in [-0.15, -0.1) is 0 Å². The summed E-state index contributed by atoms with van der Waals surface area (Å²) in [4.78, 5) is 0. The Hall–Kier alpha value is -0.590. The van der Waals surface area contributed by atoms with Gasteiger partial charge in [-0.25, -0.2) is 0 Å². The van der Waals surface area contributed by atoms with E-state index in [1.165, 1.54) is 0 Å². The Kier molecular flexibility index (Phi) is 4.91. The molecule has 0 spiro atoms. The molecule has 0 saturated carbocycles. The van der Waals surface area contributed by atoms with E-state index in [1.54, 1.807) is 14.2 Å². The third kappa shape index (κ3) is 2.34. The van der Waals surface area contributed by atoms with Gasteiger partial charge in [0.25, 0.3) is 0 Å². The van der Waals surface area contributed by atoms with Crippen molar-refractivity contribution in [1.29, 1.82) is 5.26 Å². The fourth-order valence-electron chi connectivity index (χ4n) is 0.872. The maximum atomic E-state index is 8.57. The van der Waals surface area contributed by atoms with Gasteiger partial charge >= 0.3 is 0 Å². The monoisotopic (exact) mass is 142 g/mol. The predicted molar refractivity (Wildman–Crippen MR) is 39.5 cm³/mol. The minimum absolute atomic E-state index is 0.00926. The van der Waals surface area contributed by atoms with Crippen molar-refractivity contribution >= 4 is 0 Å². The van der Waals surface area contributed by atoms with E-state index in [4.69, 9.17) is 10.00 Å². The molecule has 0 rings (SSSR count). The lowest BCUT2D eigenvalue weighted by atomic mass is 10.1. The third-order valence-corrected chi connectivity index (χ3v) is 1.53. The van der Waals surface area contributed by atoms with E-state index in [-0.39, 0.29) is 12.1 Å². The molecule has 0 saturated heterocycles. The van der Waals surface area contributed by atoms with Crippen LogP contribution in [0.3, 0.4) is 0 Å². The van der Waals surface area contributed by atoms with Gasteiger partial charge in [-0.3, -0.25) is 0 Å². The van der Waals surface area contributed by atoms with Crippen LogP contribution in [0.15, 0.2) is 0 Å². The van der Waals surface area contributed by atoms with E-state index in [0.29, 0.717) is 0 Å². The minimum Gasteiger partial charge on any atom is -0.379 e. The lowest BCUT2D eigenvalue weighted by Crippen LogP contribution is -2.37. The summed E-state index contributed by atoms with van der Waals surface area (Å²) in [6.45, 7) is 2.00. The van der Waals surface area contributed by atoms with Gasteiger partial charge in [-0.1, -0.05) is 6.92 Å². The summed E-state index contributed by atoms with van der Waals surface area (Å²) >= 11 is 0. The van der Waals surface area contributed by atoms with Crippen LogP contribution >= 0.6 is 0 Å². The maximum absolute atomic E-state index is 8.57. The zero-order chi connectivity index (χ0) is 7.98. The maximum Gasteiger partial charge on any atom is 0.121 e. The largest absolute Gasteiger partial charge is 0.379 e. The van der Waals surface area contributed by atoms with Gasteiger partial charge in [0, 0.05) is 7.11 Å². The molecule has 0 amide bonds. The molecule has 0 bridgehead atoms. The van der Waals surface area contributed by atoms with Gasteiger partial charge in [0.05, 0.1) is 12.2 Å². The number of nitrogens with one attached hydrogen (secondary N) is 1. The van der Waals surface area contributed by atoms with Crippen molar-refractivity contribution in [2.24, 2.45) is 0 Å². The van der Waals surface area contributed by atoms with Crippen LogP contribution in [0, 0.1) is 11.3 Å². The molecule has 0 aromatic carbocycles. The summed E-state index contributed by atoms with van der Waals surface area (Å²) < 4.78 is 5.06. The molecule has 3 nitrogen and oxygen atoms in total. The first-order valence-electron chi connectivity index (χ1n) is 3.39. The molecule has 0 aromatic rings. The fraction of sp³-hybridized carbons (Fsp3) is 0.857. The summed E-state index contributed by atoms with van der Waals surface area (Å²) in [5, 5.41) is 11.4. The summed E-state index contributed by atoms with van der Waals surface area (Å²) in [5.74, 6) is 0.